The zero-order valence-electron chi connectivity index (χ0n) is 8.73. The van der Waals surface area contributed by atoms with Gasteiger partial charge in [-0.15, -0.1) is 0 Å². The number of hydrogen-bond acceptors (Lipinski definition) is 3. The molecule has 0 aliphatic rings. The molecule has 0 aliphatic carbocycles. The van der Waals surface area contributed by atoms with Crippen LogP contribution in [-0.4, -0.2) is 13.4 Å². The second-order valence-electron chi connectivity index (χ2n) is 3.35. The van der Waals surface area contributed by atoms with Gasteiger partial charge < -0.3 is 4.74 Å². The highest BCUT2D eigenvalue weighted by Gasteiger charge is 2.07. The molecule has 0 aliphatic heterocycles. The van der Waals surface area contributed by atoms with E-state index in [4.69, 9.17) is 10.00 Å². The molecular formula is C13H9NO2. The summed E-state index contributed by atoms with van der Waals surface area (Å²) in [6.45, 7) is 0. The summed E-state index contributed by atoms with van der Waals surface area (Å²) in [6.07, 6.45) is 0.752. The van der Waals surface area contributed by atoms with Crippen molar-refractivity contribution in [1.29, 1.82) is 5.26 Å². The minimum absolute atomic E-state index is 0.483. The van der Waals surface area contributed by atoms with E-state index in [-0.39, 0.29) is 0 Å². The fraction of sp³-hybridized carbons (Fsp3) is 0.0769. The molecule has 2 aromatic carbocycles. The molecule has 0 amide bonds. The van der Waals surface area contributed by atoms with E-state index in [9.17, 15) is 4.79 Å². The zero-order chi connectivity index (χ0) is 11.5. The second-order valence-corrected chi connectivity index (χ2v) is 3.35. The van der Waals surface area contributed by atoms with Crippen LogP contribution in [0.1, 0.15) is 15.9 Å². The highest BCUT2D eigenvalue weighted by Crippen LogP contribution is 2.27. The van der Waals surface area contributed by atoms with E-state index in [1.165, 1.54) is 7.11 Å². The van der Waals surface area contributed by atoms with Gasteiger partial charge in [-0.1, -0.05) is 12.1 Å². The van der Waals surface area contributed by atoms with Gasteiger partial charge in [0.15, 0.2) is 6.29 Å². The van der Waals surface area contributed by atoms with E-state index < -0.39 is 0 Å². The fourth-order valence-electron chi connectivity index (χ4n) is 1.69. The van der Waals surface area contributed by atoms with Gasteiger partial charge in [0.25, 0.3) is 0 Å². The number of nitrogens with zero attached hydrogens (tertiary/aromatic N) is 1. The highest BCUT2D eigenvalue weighted by atomic mass is 16.5. The van der Waals surface area contributed by atoms with Crippen molar-refractivity contribution in [1.82, 2.24) is 0 Å². The van der Waals surface area contributed by atoms with Gasteiger partial charge in [-0.2, -0.15) is 5.26 Å². The van der Waals surface area contributed by atoms with Crippen molar-refractivity contribution in [2.45, 2.75) is 0 Å². The number of carbonyl (C=O) groups excluding carboxylic acids is 1. The molecule has 0 fully saturated rings. The lowest BCUT2D eigenvalue weighted by Gasteiger charge is -2.07. The summed E-state index contributed by atoms with van der Waals surface area (Å²) in [4.78, 5) is 11.0. The molecule has 0 aromatic heterocycles. The minimum Gasteiger partial charge on any atom is -0.496 e. The van der Waals surface area contributed by atoms with Gasteiger partial charge in [-0.3, -0.25) is 4.79 Å². The number of aldehydes is 1. The molecule has 3 nitrogen and oxygen atoms in total. The molecular weight excluding hydrogens is 202 g/mol. The van der Waals surface area contributed by atoms with Crippen molar-refractivity contribution in [2.24, 2.45) is 0 Å². The lowest BCUT2D eigenvalue weighted by molar-refractivity contribution is 0.112. The van der Waals surface area contributed by atoms with Gasteiger partial charge in [0.2, 0.25) is 0 Å². The number of hydrogen-bond donors (Lipinski definition) is 0. The van der Waals surface area contributed by atoms with E-state index in [0.717, 1.165) is 17.1 Å². The third-order valence-electron chi connectivity index (χ3n) is 2.49. The molecule has 0 heterocycles. The van der Waals surface area contributed by atoms with Gasteiger partial charge in [0.1, 0.15) is 5.75 Å². The largest absolute Gasteiger partial charge is 0.496 e. The Balaban J connectivity index is 2.84. The first-order valence-electron chi connectivity index (χ1n) is 4.76. The Kier molecular flexibility index (Phi) is 2.57. The summed E-state index contributed by atoms with van der Waals surface area (Å²) in [5.74, 6) is 0.526. The van der Waals surface area contributed by atoms with Gasteiger partial charge in [-0.25, -0.2) is 0 Å². The molecule has 0 radical (unpaired) electrons. The molecule has 0 atom stereocenters. The van der Waals surface area contributed by atoms with Crippen LogP contribution in [0.15, 0.2) is 30.3 Å². The molecule has 2 aromatic rings. The van der Waals surface area contributed by atoms with Crippen LogP contribution in [-0.2, 0) is 0 Å². The Morgan fingerprint density at radius 2 is 2.06 bits per heavy atom. The molecule has 3 heteroatoms. The molecule has 0 N–H and O–H groups in total. The average molecular weight is 211 g/mol. The van der Waals surface area contributed by atoms with Gasteiger partial charge in [0, 0.05) is 0 Å². The van der Waals surface area contributed by atoms with Crippen molar-refractivity contribution in [3.8, 4) is 11.8 Å². The standard InChI is InChI=1S/C13H9NO2/c1-16-13-5-4-10-3-2-9(7-14)6-11(10)12(13)8-15/h2-6,8H,1H3. The van der Waals surface area contributed by atoms with Crippen LogP contribution in [0.25, 0.3) is 10.8 Å². The van der Waals surface area contributed by atoms with Gasteiger partial charge in [0.05, 0.1) is 24.3 Å². The summed E-state index contributed by atoms with van der Waals surface area (Å²) < 4.78 is 5.10. The smallest absolute Gasteiger partial charge is 0.154 e. The Morgan fingerprint density at radius 1 is 1.31 bits per heavy atom. The molecule has 0 spiro atoms. The summed E-state index contributed by atoms with van der Waals surface area (Å²) in [5.41, 5.74) is 1.01. The first kappa shape index (κ1) is 10.2. The van der Waals surface area contributed by atoms with Crippen molar-refractivity contribution >= 4 is 17.1 Å². The third-order valence-corrected chi connectivity index (χ3v) is 2.49. The maximum absolute atomic E-state index is 11.0. The normalized spacial score (nSPS) is 9.75. The Morgan fingerprint density at radius 3 is 2.69 bits per heavy atom. The lowest BCUT2D eigenvalue weighted by atomic mass is 10.0. The van der Waals surface area contributed by atoms with Crippen molar-refractivity contribution < 1.29 is 9.53 Å². The topological polar surface area (TPSA) is 50.1 Å². The molecule has 0 saturated heterocycles. The number of benzene rings is 2. The summed E-state index contributed by atoms with van der Waals surface area (Å²) in [6, 6.07) is 10.9. The molecule has 2 rings (SSSR count). The summed E-state index contributed by atoms with van der Waals surface area (Å²) in [7, 11) is 1.52. The number of methoxy groups -OCH3 is 1. The molecule has 0 unspecified atom stereocenters. The first-order valence-corrected chi connectivity index (χ1v) is 4.76. The van der Waals surface area contributed by atoms with E-state index in [1.807, 2.05) is 12.1 Å². The maximum Gasteiger partial charge on any atom is 0.154 e. The van der Waals surface area contributed by atoms with Crippen LogP contribution in [0.4, 0.5) is 0 Å². The quantitative estimate of drug-likeness (QED) is 0.717. The van der Waals surface area contributed by atoms with E-state index in [0.29, 0.717) is 16.9 Å². The summed E-state index contributed by atoms with van der Waals surface area (Å²) >= 11 is 0. The molecule has 0 bridgehead atoms. The number of carbonyl (C=O) groups is 1. The summed E-state index contributed by atoms with van der Waals surface area (Å²) in [5, 5.41) is 10.5. The first-order chi connectivity index (χ1) is 7.80. The molecule has 0 saturated carbocycles. The van der Waals surface area contributed by atoms with E-state index in [1.54, 1.807) is 18.2 Å². The van der Waals surface area contributed by atoms with Crippen molar-refractivity contribution in [2.75, 3.05) is 7.11 Å². The predicted molar refractivity (Wildman–Crippen MR) is 60.6 cm³/mol. The van der Waals surface area contributed by atoms with Crippen molar-refractivity contribution in [3.63, 3.8) is 0 Å². The fourth-order valence-corrected chi connectivity index (χ4v) is 1.69. The van der Waals surface area contributed by atoms with Gasteiger partial charge >= 0.3 is 0 Å². The second kappa shape index (κ2) is 4.03. The number of ether oxygens (including phenoxy) is 1. The van der Waals surface area contributed by atoms with Crippen LogP contribution in [0.5, 0.6) is 5.75 Å². The Labute approximate surface area is 92.9 Å². The predicted octanol–water partition coefficient (Wildman–Crippen LogP) is 2.53. The van der Waals surface area contributed by atoms with Crippen LogP contribution < -0.4 is 4.74 Å². The van der Waals surface area contributed by atoms with Crippen LogP contribution in [0.3, 0.4) is 0 Å². The average Bonchev–Trinajstić information content (AvgIpc) is 2.36. The molecule has 16 heavy (non-hydrogen) atoms. The third kappa shape index (κ3) is 1.51. The van der Waals surface area contributed by atoms with Gasteiger partial charge in [-0.05, 0) is 29.0 Å². The number of fused-ring (bicyclic) bond motifs is 1. The monoisotopic (exact) mass is 211 g/mol. The van der Waals surface area contributed by atoms with Crippen LogP contribution in [0.2, 0.25) is 0 Å². The maximum atomic E-state index is 11.0. The highest BCUT2D eigenvalue weighted by molar-refractivity contribution is 6.01. The van der Waals surface area contributed by atoms with Crippen molar-refractivity contribution in [3.05, 3.63) is 41.5 Å². The lowest BCUT2D eigenvalue weighted by Crippen LogP contribution is -1.92. The molecule has 78 valence electrons. The SMILES string of the molecule is COc1ccc2ccc(C#N)cc2c1C=O. The Bertz CT molecular complexity index is 597. The Hall–Kier alpha value is -2.34. The zero-order valence-corrected chi connectivity index (χ0v) is 8.73. The van der Waals surface area contributed by atoms with Crippen LogP contribution >= 0.6 is 0 Å². The van der Waals surface area contributed by atoms with E-state index in [2.05, 4.69) is 6.07 Å². The van der Waals surface area contributed by atoms with E-state index >= 15 is 0 Å². The number of nitriles is 1. The van der Waals surface area contributed by atoms with Crippen LogP contribution in [0, 0.1) is 11.3 Å². The minimum atomic E-state index is 0.483. The number of rotatable bonds is 2.